The fraction of sp³-hybridized carbons (Fsp3) is 0.857. The van der Waals surface area contributed by atoms with Crippen LogP contribution in [0.1, 0.15) is 61.9 Å². The zero-order chi connectivity index (χ0) is 13.1. The van der Waals surface area contributed by atoms with Crippen LogP contribution in [0.5, 0.6) is 0 Å². The first-order chi connectivity index (χ1) is 9.40. The number of nitrogens with two attached hydrogens (primary N) is 1. The van der Waals surface area contributed by atoms with E-state index in [0.717, 1.165) is 31.7 Å². The maximum Gasteiger partial charge on any atom is 0.0875 e. The Balaban J connectivity index is 1.88. The molecule has 3 rings (SSSR count). The highest BCUT2D eigenvalue weighted by molar-refractivity contribution is 5.18. The van der Waals surface area contributed by atoms with E-state index in [1.165, 1.54) is 37.8 Å². The van der Waals surface area contributed by atoms with Crippen LogP contribution in [0.4, 0.5) is 0 Å². The maximum atomic E-state index is 5.71. The quantitative estimate of drug-likeness (QED) is 0.900. The van der Waals surface area contributed by atoms with E-state index >= 15 is 0 Å². The number of ether oxygens (including phenoxy) is 1. The lowest BCUT2D eigenvalue weighted by Gasteiger charge is -2.25. The molecule has 5 nitrogen and oxygen atoms in total. The van der Waals surface area contributed by atoms with Gasteiger partial charge in [-0.05, 0) is 25.8 Å². The predicted molar refractivity (Wildman–Crippen MR) is 73.1 cm³/mol. The molecule has 2 fully saturated rings. The monoisotopic (exact) mass is 264 g/mol. The zero-order valence-corrected chi connectivity index (χ0v) is 11.6. The van der Waals surface area contributed by atoms with Crippen molar-refractivity contribution in [3.63, 3.8) is 0 Å². The lowest BCUT2D eigenvalue weighted by Crippen LogP contribution is -2.19. The molecule has 2 heterocycles. The fourth-order valence-corrected chi connectivity index (χ4v) is 3.42. The molecule has 1 unspecified atom stereocenters. The lowest BCUT2D eigenvalue weighted by atomic mass is 9.94. The summed E-state index contributed by atoms with van der Waals surface area (Å²) < 4.78 is 7.77. The van der Waals surface area contributed by atoms with Crippen LogP contribution in [0.2, 0.25) is 0 Å². The third-order valence-corrected chi connectivity index (χ3v) is 4.42. The molecule has 5 heteroatoms. The third kappa shape index (κ3) is 2.67. The van der Waals surface area contributed by atoms with Crippen molar-refractivity contribution in [2.45, 2.75) is 56.9 Å². The Kier molecular flexibility index (Phi) is 4.13. The van der Waals surface area contributed by atoms with Crippen molar-refractivity contribution in [1.29, 1.82) is 0 Å². The van der Waals surface area contributed by atoms with Crippen LogP contribution in [-0.2, 0) is 11.2 Å². The van der Waals surface area contributed by atoms with Gasteiger partial charge in [-0.15, -0.1) is 5.10 Å². The number of nitrogens with zero attached hydrogens (tertiary/aromatic N) is 3. The van der Waals surface area contributed by atoms with Crippen LogP contribution >= 0.6 is 0 Å². The van der Waals surface area contributed by atoms with Crippen molar-refractivity contribution in [2.75, 3.05) is 19.8 Å². The first-order valence-corrected chi connectivity index (χ1v) is 7.62. The molecule has 1 aliphatic heterocycles. The van der Waals surface area contributed by atoms with Crippen LogP contribution in [0.3, 0.4) is 0 Å². The second kappa shape index (κ2) is 6.01. The smallest absolute Gasteiger partial charge is 0.0875 e. The Hall–Kier alpha value is -0.940. The van der Waals surface area contributed by atoms with Crippen molar-refractivity contribution in [3.8, 4) is 0 Å². The van der Waals surface area contributed by atoms with Gasteiger partial charge in [-0.1, -0.05) is 24.5 Å². The van der Waals surface area contributed by atoms with Gasteiger partial charge in [-0.25, -0.2) is 4.68 Å². The normalized spacial score (nSPS) is 25.0. The Morgan fingerprint density at radius 1 is 1.21 bits per heavy atom. The van der Waals surface area contributed by atoms with E-state index in [9.17, 15) is 0 Å². The van der Waals surface area contributed by atoms with Crippen LogP contribution in [0.25, 0.3) is 0 Å². The van der Waals surface area contributed by atoms with Crippen LogP contribution in [0.15, 0.2) is 0 Å². The van der Waals surface area contributed by atoms with Gasteiger partial charge in [0, 0.05) is 18.9 Å². The molecule has 0 amide bonds. The highest BCUT2D eigenvalue weighted by Crippen LogP contribution is 2.34. The van der Waals surface area contributed by atoms with Gasteiger partial charge >= 0.3 is 0 Å². The molecule has 1 aliphatic carbocycles. The van der Waals surface area contributed by atoms with Crippen molar-refractivity contribution < 1.29 is 4.74 Å². The van der Waals surface area contributed by atoms with Crippen molar-refractivity contribution in [3.05, 3.63) is 11.4 Å². The first kappa shape index (κ1) is 13.1. The topological polar surface area (TPSA) is 66.0 Å². The Morgan fingerprint density at radius 3 is 2.74 bits per heavy atom. The van der Waals surface area contributed by atoms with Crippen LogP contribution in [0, 0.1) is 0 Å². The van der Waals surface area contributed by atoms with E-state index in [1.54, 1.807) is 0 Å². The summed E-state index contributed by atoms with van der Waals surface area (Å²) in [6.07, 6.45) is 8.41. The van der Waals surface area contributed by atoms with Gasteiger partial charge in [0.05, 0.1) is 24.0 Å². The molecule has 0 bridgehead atoms. The van der Waals surface area contributed by atoms with Crippen molar-refractivity contribution >= 4 is 0 Å². The van der Waals surface area contributed by atoms with E-state index in [1.807, 2.05) is 0 Å². The minimum atomic E-state index is 0.471. The van der Waals surface area contributed by atoms with E-state index < -0.39 is 0 Å². The van der Waals surface area contributed by atoms with E-state index in [0.29, 0.717) is 18.5 Å². The van der Waals surface area contributed by atoms with Gasteiger partial charge in [0.2, 0.25) is 0 Å². The van der Waals surface area contributed by atoms with E-state index in [-0.39, 0.29) is 0 Å². The SMILES string of the molecule is NCCc1nnn(C2CCCCC2)c1C1CCOC1. The number of aromatic nitrogens is 3. The molecule has 0 radical (unpaired) electrons. The summed E-state index contributed by atoms with van der Waals surface area (Å²) in [4.78, 5) is 0. The molecule has 2 N–H and O–H groups in total. The summed E-state index contributed by atoms with van der Waals surface area (Å²) >= 11 is 0. The second-order valence-electron chi connectivity index (χ2n) is 5.76. The summed E-state index contributed by atoms with van der Waals surface area (Å²) in [5.74, 6) is 0.471. The minimum absolute atomic E-state index is 0.471. The molecular formula is C14H24N4O. The van der Waals surface area contributed by atoms with Crippen molar-refractivity contribution in [2.24, 2.45) is 5.73 Å². The summed E-state index contributed by atoms with van der Waals surface area (Å²) in [5.41, 5.74) is 8.12. The molecule has 1 atom stereocenters. The average Bonchev–Trinajstić information content (AvgIpc) is 3.08. The molecule has 1 saturated heterocycles. The summed E-state index contributed by atoms with van der Waals surface area (Å²) in [5, 5.41) is 8.86. The molecular weight excluding hydrogens is 240 g/mol. The number of hydrogen-bond acceptors (Lipinski definition) is 4. The van der Waals surface area contributed by atoms with Crippen LogP contribution in [-0.4, -0.2) is 34.8 Å². The van der Waals surface area contributed by atoms with Gasteiger partial charge in [0.1, 0.15) is 0 Å². The lowest BCUT2D eigenvalue weighted by molar-refractivity contribution is 0.192. The van der Waals surface area contributed by atoms with Gasteiger partial charge < -0.3 is 10.5 Å². The summed E-state index contributed by atoms with van der Waals surface area (Å²) in [6.45, 7) is 2.32. The maximum absolute atomic E-state index is 5.71. The van der Waals surface area contributed by atoms with Gasteiger partial charge in [0.15, 0.2) is 0 Å². The Morgan fingerprint density at radius 2 is 2.05 bits per heavy atom. The zero-order valence-electron chi connectivity index (χ0n) is 11.6. The molecule has 1 aromatic rings. The Labute approximate surface area is 114 Å². The van der Waals surface area contributed by atoms with E-state index in [4.69, 9.17) is 10.5 Å². The molecule has 1 aromatic heterocycles. The number of hydrogen-bond donors (Lipinski definition) is 1. The summed E-state index contributed by atoms with van der Waals surface area (Å²) in [7, 11) is 0. The minimum Gasteiger partial charge on any atom is -0.381 e. The molecule has 2 aliphatic rings. The number of rotatable bonds is 4. The molecule has 0 spiro atoms. The molecule has 19 heavy (non-hydrogen) atoms. The highest BCUT2D eigenvalue weighted by atomic mass is 16.5. The van der Waals surface area contributed by atoms with Gasteiger partial charge in [-0.3, -0.25) is 0 Å². The highest BCUT2D eigenvalue weighted by Gasteiger charge is 2.29. The van der Waals surface area contributed by atoms with Gasteiger partial charge in [0.25, 0.3) is 0 Å². The summed E-state index contributed by atoms with van der Waals surface area (Å²) in [6, 6.07) is 0.545. The average molecular weight is 264 g/mol. The largest absolute Gasteiger partial charge is 0.381 e. The third-order valence-electron chi connectivity index (χ3n) is 4.42. The van der Waals surface area contributed by atoms with Crippen LogP contribution < -0.4 is 5.73 Å². The van der Waals surface area contributed by atoms with Crippen molar-refractivity contribution in [1.82, 2.24) is 15.0 Å². The molecule has 1 saturated carbocycles. The fourth-order valence-electron chi connectivity index (χ4n) is 3.42. The standard InChI is InChI=1S/C14H24N4O/c15-8-6-13-14(11-7-9-19-10-11)18(17-16-13)12-4-2-1-3-5-12/h11-12H,1-10,15H2. The van der Waals surface area contributed by atoms with Gasteiger partial charge in [-0.2, -0.15) is 0 Å². The predicted octanol–water partition coefficient (Wildman–Crippen LogP) is 1.79. The first-order valence-electron chi connectivity index (χ1n) is 7.62. The molecule has 0 aromatic carbocycles. The molecule has 106 valence electrons. The van der Waals surface area contributed by atoms with E-state index in [2.05, 4.69) is 15.0 Å². The second-order valence-corrected chi connectivity index (χ2v) is 5.76. The Bertz CT molecular complexity index is 406.